The smallest absolute Gasteiger partial charge is 0.191 e. The third-order valence-electron chi connectivity index (χ3n) is 3.81. The molecule has 0 aliphatic heterocycles. The van der Waals surface area contributed by atoms with E-state index < -0.39 is 11.6 Å². The van der Waals surface area contributed by atoms with Crippen molar-refractivity contribution >= 4 is 5.96 Å². The van der Waals surface area contributed by atoms with Crippen molar-refractivity contribution in [3.8, 4) is 0 Å². The molecule has 4 nitrogen and oxygen atoms in total. The van der Waals surface area contributed by atoms with Crippen LogP contribution in [-0.4, -0.2) is 32.8 Å². The Morgan fingerprint density at radius 1 is 1.04 bits per heavy atom. The van der Waals surface area contributed by atoms with Gasteiger partial charge in [-0.05, 0) is 36.6 Å². The fraction of sp³-hybridized carbons (Fsp3) is 0.350. The van der Waals surface area contributed by atoms with Gasteiger partial charge in [-0.3, -0.25) is 4.99 Å². The lowest BCUT2D eigenvalue weighted by atomic mass is 10.2. The van der Waals surface area contributed by atoms with Crippen molar-refractivity contribution in [1.29, 1.82) is 0 Å². The van der Waals surface area contributed by atoms with Gasteiger partial charge >= 0.3 is 0 Å². The van der Waals surface area contributed by atoms with Crippen molar-refractivity contribution in [2.45, 2.75) is 19.4 Å². The van der Waals surface area contributed by atoms with Crippen molar-refractivity contribution in [1.82, 2.24) is 10.6 Å². The Labute approximate surface area is 153 Å². The van der Waals surface area contributed by atoms with Crippen LogP contribution >= 0.6 is 0 Å². The number of hydrogen-bond donors (Lipinski definition) is 2. The molecular formula is C20H25F2N3O. The van der Waals surface area contributed by atoms with Crippen molar-refractivity contribution in [2.24, 2.45) is 4.99 Å². The van der Waals surface area contributed by atoms with Gasteiger partial charge in [0.25, 0.3) is 0 Å². The molecule has 0 heterocycles. The third kappa shape index (κ3) is 7.19. The van der Waals surface area contributed by atoms with E-state index in [-0.39, 0.29) is 12.1 Å². The molecule has 0 saturated carbocycles. The van der Waals surface area contributed by atoms with Crippen LogP contribution in [0.4, 0.5) is 8.78 Å². The van der Waals surface area contributed by atoms with Gasteiger partial charge in [-0.2, -0.15) is 0 Å². The predicted molar refractivity (Wildman–Crippen MR) is 100 cm³/mol. The maximum Gasteiger partial charge on any atom is 0.191 e. The molecule has 0 unspecified atom stereocenters. The minimum absolute atomic E-state index is 0.164. The summed E-state index contributed by atoms with van der Waals surface area (Å²) >= 11 is 0. The molecule has 0 fully saturated rings. The maximum atomic E-state index is 13.6. The van der Waals surface area contributed by atoms with Crippen molar-refractivity contribution in [2.75, 3.05) is 26.8 Å². The van der Waals surface area contributed by atoms with E-state index in [0.29, 0.717) is 25.7 Å². The summed E-state index contributed by atoms with van der Waals surface area (Å²) in [5.74, 6) is -0.363. The Hall–Kier alpha value is -2.47. The summed E-state index contributed by atoms with van der Waals surface area (Å²) < 4.78 is 32.4. The molecule has 2 aromatic carbocycles. The summed E-state index contributed by atoms with van der Waals surface area (Å²) in [6.07, 6.45) is 1.72. The first-order valence-electron chi connectivity index (χ1n) is 8.69. The molecule has 0 bridgehead atoms. The number of ether oxygens (including phenoxy) is 1. The lowest BCUT2D eigenvalue weighted by Gasteiger charge is -2.12. The van der Waals surface area contributed by atoms with Gasteiger partial charge in [0.1, 0.15) is 11.6 Å². The van der Waals surface area contributed by atoms with Gasteiger partial charge in [0.05, 0.1) is 6.61 Å². The Bertz CT molecular complexity index is 693. The van der Waals surface area contributed by atoms with Crippen LogP contribution in [0.1, 0.15) is 17.5 Å². The second-order valence-electron chi connectivity index (χ2n) is 5.79. The van der Waals surface area contributed by atoms with Gasteiger partial charge in [0, 0.05) is 32.3 Å². The standard InChI is InChI=1S/C20H25F2N3O/c1-23-20(25-15-17-14-18(21)8-9-19(17)22)24-11-5-12-26-13-10-16-6-3-2-4-7-16/h2-4,6-9,14H,5,10-13,15H2,1H3,(H2,23,24,25). The van der Waals surface area contributed by atoms with Crippen LogP contribution in [0.15, 0.2) is 53.5 Å². The Kier molecular flexibility index (Phi) is 8.55. The molecule has 0 spiro atoms. The first-order valence-corrected chi connectivity index (χ1v) is 8.69. The lowest BCUT2D eigenvalue weighted by Crippen LogP contribution is -2.37. The number of nitrogens with one attached hydrogen (secondary N) is 2. The van der Waals surface area contributed by atoms with Crippen LogP contribution in [0.3, 0.4) is 0 Å². The molecule has 2 N–H and O–H groups in total. The van der Waals surface area contributed by atoms with Crippen LogP contribution in [-0.2, 0) is 17.7 Å². The van der Waals surface area contributed by atoms with Crippen LogP contribution in [0.2, 0.25) is 0 Å². The largest absolute Gasteiger partial charge is 0.381 e. The van der Waals surface area contributed by atoms with E-state index in [2.05, 4.69) is 27.8 Å². The Morgan fingerprint density at radius 2 is 1.85 bits per heavy atom. The first kappa shape index (κ1) is 19.8. The van der Waals surface area contributed by atoms with E-state index in [1.165, 1.54) is 11.6 Å². The summed E-state index contributed by atoms with van der Waals surface area (Å²) in [7, 11) is 1.63. The molecule has 0 aliphatic carbocycles. The number of guanidine groups is 1. The van der Waals surface area contributed by atoms with Crippen LogP contribution in [0, 0.1) is 11.6 Å². The molecule has 0 atom stereocenters. The Balaban J connectivity index is 1.58. The fourth-order valence-corrected chi connectivity index (χ4v) is 2.40. The van der Waals surface area contributed by atoms with Gasteiger partial charge in [-0.25, -0.2) is 8.78 Å². The van der Waals surface area contributed by atoms with E-state index in [1.807, 2.05) is 18.2 Å². The second kappa shape index (κ2) is 11.2. The SMILES string of the molecule is CN=C(NCCCOCCc1ccccc1)NCc1cc(F)ccc1F. The minimum Gasteiger partial charge on any atom is -0.381 e. The molecule has 140 valence electrons. The van der Waals surface area contributed by atoms with E-state index >= 15 is 0 Å². The molecular weight excluding hydrogens is 336 g/mol. The van der Waals surface area contributed by atoms with E-state index in [0.717, 1.165) is 25.0 Å². The predicted octanol–water partition coefficient (Wildman–Crippen LogP) is 3.28. The minimum atomic E-state index is -0.459. The summed E-state index contributed by atoms with van der Waals surface area (Å²) in [5.41, 5.74) is 1.53. The first-order chi connectivity index (χ1) is 12.7. The lowest BCUT2D eigenvalue weighted by molar-refractivity contribution is 0.135. The normalized spacial score (nSPS) is 11.4. The topological polar surface area (TPSA) is 45.7 Å². The van der Waals surface area contributed by atoms with Crippen LogP contribution in [0.5, 0.6) is 0 Å². The summed E-state index contributed by atoms with van der Waals surface area (Å²) in [5, 5.41) is 6.09. The number of aliphatic imine (C=N–C) groups is 1. The number of nitrogens with zero attached hydrogens (tertiary/aromatic N) is 1. The number of halogens is 2. The number of hydrogen-bond acceptors (Lipinski definition) is 2. The summed E-state index contributed by atoms with van der Waals surface area (Å²) in [6.45, 7) is 2.18. The monoisotopic (exact) mass is 361 g/mol. The number of rotatable bonds is 9. The highest BCUT2D eigenvalue weighted by Crippen LogP contribution is 2.09. The van der Waals surface area contributed by atoms with Gasteiger partial charge < -0.3 is 15.4 Å². The molecule has 0 radical (unpaired) electrons. The maximum absolute atomic E-state index is 13.6. The van der Waals surface area contributed by atoms with E-state index in [9.17, 15) is 8.78 Å². The highest BCUT2D eigenvalue weighted by molar-refractivity contribution is 5.79. The molecule has 2 rings (SSSR count). The zero-order valence-electron chi connectivity index (χ0n) is 15.0. The zero-order chi connectivity index (χ0) is 18.6. The van der Waals surface area contributed by atoms with Crippen LogP contribution < -0.4 is 10.6 Å². The van der Waals surface area contributed by atoms with Gasteiger partial charge in [0.15, 0.2) is 5.96 Å². The average Bonchev–Trinajstić information content (AvgIpc) is 2.66. The molecule has 0 saturated heterocycles. The highest BCUT2D eigenvalue weighted by atomic mass is 19.1. The van der Waals surface area contributed by atoms with Gasteiger partial charge in [-0.1, -0.05) is 30.3 Å². The van der Waals surface area contributed by atoms with Crippen molar-refractivity contribution in [3.05, 3.63) is 71.3 Å². The van der Waals surface area contributed by atoms with E-state index in [4.69, 9.17) is 4.74 Å². The van der Waals surface area contributed by atoms with E-state index in [1.54, 1.807) is 7.05 Å². The van der Waals surface area contributed by atoms with Crippen LogP contribution in [0.25, 0.3) is 0 Å². The average molecular weight is 361 g/mol. The molecule has 6 heteroatoms. The molecule has 0 amide bonds. The van der Waals surface area contributed by atoms with Crippen molar-refractivity contribution in [3.63, 3.8) is 0 Å². The van der Waals surface area contributed by atoms with Crippen molar-refractivity contribution < 1.29 is 13.5 Å². The Morgan fingerprint density at radius 3 is 2.62 bits per heavy atom. The quantitative estimate of drug-likeness (QED) is 0.409. The molecule has 0 aromatic heterocycles. The van der Waals surface area contributed by atoms with Gasteiger partial charge in [-0.15, -0.1) is 0 Å². The molecule has 0 aliphatic rings. The second-order valence-corrected chi connectivity index (χ2v) is 5.79. The third-order valence-corrected chi connectivity index (χ3v) is 3.81. The zero-order valence-corrected chi connectivity index (χ0v) is 15.0. The molecule has 26 heavy (non-hydrogen) atoms. The summed E-state index contributed by atoms with van der Waals surface area (Å²) in [6, 6.07) is 13.6. The fourth-order valence-electron chi connectivity index (χ4n) is 2.40. The highest BCUT2D eigenvalue weighted by Gasteiger charge is 2.05. The molecule has 2 aromatic rings. The number of benzene rings is 2. The summed E-state index contributed by atoms with van der Waals surface area (Å²) in [4.78, 5) is 4.07. The van der Waals surface area contributed by atoms with Gasteiger partial charge in [0.2, 0.25) is 0 Å².